The maximum absolute atomic E-state index is 14.7. The van der Waals surface area contributed by atoms with Crippen LogP contribution in [-0.4, -0.2) is 67.6 Å². The molecule has 4 rings (SSSR count). The van der Waals surface area contributed by atoms with Crippen LogP contribution >= 0.6 is 0 Å². The predicted molar refractivity (Wildman–Crippen MR) is 108 cm³/mol. The Morgan fingerprint density at radius 2 is 1.86 bits per heavy atom. The molecule has 29 heavy (non-hydrogen) atoms. The van der Waals surface area contributed by atoms with Crippen molar-refractivity contribution in [3.05, 3.63) is 23.5 Å². The van der Waals surface area contributed by atoms with E-state index in [9.17, 15) is 4.39 Å². The summed E-state index contributed by atoms with van der Waals surface area (Å²) in [5.41, 5.74) is 1.09. The van der Waals surface area contributed by atoms with Gasteiger partial charge in [0, 0.05) is 32.2 Å². The number of methoxy groups -OCH3 is 1. The number of ether oxygens (including phenoxy) is 2. The van der Waals surface area contributed by atoms with Gasteiger partial charge >= 0.3 is 0 Å². The molecule has 7 nitrogen and oxygen atoms in total. The van der Waals surface area contributed by atoms with Gasteiger partial charge in [0.05, 0.1) is 25.9 Å². The summed E-state index contributed by atoms with van der Waals surface area (Å²) in [6.45, 7) is 9.37. The van der Waals surface area contributed by atoms with Gasteiger partial charge < -0.3 is 18.9 Å². The predicted octanol–water partition coefficient (Wildman–Crippen LogP) is 3.31. The van der Waals surface area contributed by atoms with Gasteiger partial charge in [0.15, 0.2) is 0 Å². The minimum Gasteiger partial charge on any atom is -0.496 e. The number of morpholine rings is 1. The zero-order chi connectivity index (χ0) is 20.4. The van der Waals surface area contributed by atoms with Crippen LogP contribution in [0.3, 0.4) is 0 Å². The summed E-state index contributed by atoms with van der Waals surface area (Å²) in [7, 11) is 1.58. The van der Waals surface area contributed by atoms with Gasteiger partial charge in [-0.3, -0.25) is 4.90 Å². The molecule has 0 amide bonds. The summed E-state index contributed by atoms with van der Waals surface area (Å²) in [5.74, 6) is 1.10. The van der Waals surface area contributed by atoms with Gasteiger partial charge in [-0.15, -0.1) is 0 Å². The van der Waals surface area contributed by atoms with Crippen molar-refractivity contribution in [2.24, 2.45) is 0 Å². The Kier molecular flexibility index (Phi) is 6.01. The lowest BCUT2D eigenvalue weighted by Crippen LogP contribution is -2.49. The average molecular weight is 404 g/mol. The van der Waals surface area contributed by atoms with Crippen LogP contribution in [0.1, 0.15) is 38.2 Å². The number of nitrogens with zero attached hydrogens (tertiary/aromatic N) is 4. The zero-order valence-corrected chi connectivity index (χ0v) is 17.4. The monoisotopic (exact) mass is 404 g/mol. The number of halogens is 1. The summed E-state index contributed by atoms with van der Waals surface area (Å²) >= 11 is 0. The lowest BCUT2D eigenvalue weighted by Gasteiger charge is -2.39. The summed E-state index contributed by atoms with van der Waals surface area (Å²) in [6.07, 6.45) is 2.10. The minimum absolute atomic E-state index is 0.152. The highest BCUT2D eigenvalue weighted by Gasteiger charge is 2.28. The topological polar surface area (TPSA) is 63.9 Å². The van der Waals surface area contributed by atoms with E-state index in [1.165, 1.54) is 6.07 Å². The van der Waals surface area contributed by atoms with E-state index in [0.29, 0.717) is 17.7 Å². The largest absolute Gasteiger partial charge is 0.496 e. The van der Waals surface area contributed by atoms with Gasteiger partial charge in [-0.25, -0.2) is 4.39 Å². The third kappa shape index (κ3) is 4.23. The molecular formula is C21H29FN4O3. The molecule has 2 saturated heterocycles. The number of benzene rings is 1. The normalized spacial score (nSPS) is 19.1. The first kappa shape index (κ1) is 20.1. The van der Waals surface area contributed by atoms with Crippen LogP contribution in [0.2, 0.25) is 0 Å². The van der Waals surface area contributed by atoms with Gasteiger partial charge in [0.25, 0.3) is 11.8 Å². The van der Waals surface area contributed by atoms with Crippen LogP contribution < -0.4 is 9.64 Å². The standard InChI is InChI=1S/C21H29FN4O3/c1-14(2)16-12-18(22)17(13-19(16)27-3)20-23-21(24-29-20)26-6-4-15(5-7-26)25-8-10-28-11-9-25/h12-15H,4-11H2,1-3H3. The van der Waals surface area contributed by atoms with Crippen molar-refractivity contribution in [1.82, 2.24) is 15.0 Å². The molecule has 2 aliphatic heterocycles. The van der Waals surface area contributed by atoms with Crippen LogP contribution in [0.25, 0.3) is 11.5 Å². The van der Waals surface area contributed by atoms with E-state index in [2.05, 4.69) is 19.9 Å². The molecule has 8 heteroatoms. The highest BCUT2D eigenvalue weighted by atomic mass is 19.1. The van der Waals surface area contributed by atoms with Crippen molar-refractivity contribution in [1.29, 1.82) is 0 Å². The molecule has 2 aromatic rings. The van der Waals surface area contributed by atoms with Crippen molar-refractivity contribution in [2.75, 3.05) is 51.4 Å². The van der Waals surface area contributed by atoms with Gasteiger partial charge in [-0.1, -0.05) is 13.8 Å². The molecule has 0 radical (unpaired) electrons. The molecule has 1 aromatic heterocycles. The fourth-order valence-electron chi connectivity index (χ4n) is 4.19. The Bertz CT molecular complexity index is 827. The van der Waals surface area contributed by atoms with Crippen molar-refractivity contribution in [3.63, 3.8) is 0 Å². The number of hydrogen-bond acceptors (Lipinski definition) is 7. The van der Waals surface area contributed by atoms with Crippen LogP contribution in [0.15, 0.2) is 16.7 Å². The van der Waals surface area contributed by atoms with Crippen molar-refractivity contribution < 1.29 is 18.4 Å². The number of rotatable bonds is 5. The quantitative estimate of drug-likeness (QED) is 0.758. The molecule has 1 aromatic carbocycles. The second kappa shape index (κ2) is 8.67. The zero-order valence-electron chi connectivity index (χ0n) is 17.4. The molecule has 158 valence electrons. The fourth-order valence-corrected chi connectivity index (χ4v) is 4.19. The summed E-state index contributed by atoms with van der Waals surface area (Å²) < 4.78 is 31.0. The Labute approximate surface area is 170 Å². The Morgan fingerprint density at radius 3 is 2.52 bits per heavy atom. The van der Waals surface area contributed by atoms with Crippen LogP contribution in [0, 0.1) is 5.82 Å². The van der Waals surface area contributed by atoms with Crippen LogP contribution in [-0.2, 0) is 4.74 Å². The maximum Gasteiger partial charge on any atom is 0.266 e. The van der Waals surface area contributed by atoms with Crippen LogP contribution in [0.4, 0.5) is 10.3 Å². The second-order valence-corrected chi connectivity index (χ2v) is 7.99. The molecule has 2 aliphatic rings. The Hall–Kier alpha value is -2.19. The number of aromatic nitrogens is 2. The first-order chi connectivity index (χ1) is 14.1. The molecule has 0 spiro atoms. The molecule has 0 bridgehead atoms. The van der Waals surface area contributed by atoms with Gasteiger partial charge in [-0.2, -0.15) is 4.98 Å². The summed E-state index contributed by atoms with van der Waals surface area (Å²) in [4.78, 5) is 9.10. The SMILES string of the molecule is COc1cc(-c2nc(N3CCC(N4CCOCC4)CC3)no2)c(F)cc1C(C)C. The highest BCUT2D eigenvalue weighted by Crippen LogP contribution is 2.34. The summed E-state index contributed by atoms with van der Waals surface area (Å²) in [5, 5.41) is 4.11. The lowest BCUT2D eigenvalue weighted by molar-refractivity contribution is 0.0114. The smallest absolute Gasteiger partial charge is 0.266 e. The molecule has 0 atom stereocenters. The van der Waals surface area contributed by atoms with E-state index in [0.717, 1.165) is 57.8 Å². The number of anilines is 1. The second-order valence-electron chi connectivity index (χ2n) is 7.99. The first-order valence-corrected chi connectivity index (χ1v) is 10.3. The lowest BCUT2D eigenvalue weighted by atomic mass is 9.99. The highest BCUT2D eigenvalue weighted by molar-refractivity contribution is 5.60. The Morgan fingerprint density at radius 1 is 1.14 bits per heavy atom. The van der Waals surface area contributed by atoms with E-state index in [1.807, 2.05) is 13.8 Å². The van der Waals surface area contributed by atoms with Gasteiger partial charge in [0.1, 0.15) is 11.6 Å². The van der Waals surface area contributed by atoms with Gasteiger partial charge in [0.2, 0.25) is 0 Å². The van der Waals surface area contributed by atoms with Crippen molar-refractivity contribution >= 4 is 5.95 Å². The van der Waals surface area contributed by atoms with E-state index in [4.69, 9.17) is 14.0 Å². The fraction of sp³-hybridized carbons (Fsp3) is 0.619. The van der Waals surface area contributed by atoms with E-state index < -0.39 is 0 Å². The van der Waals surface area contributed by atoms with Gasteiger partial charge in [-0.05, 0) is 41.6 Å². The third-order valence-corrected chi connectivity index (χ3v) is 5.90. The van der Waals surface area contributed by atoms with E-state index in [-0.39, 0.29) is 23.2 Å². The molecule has 3 heterocycles. The molecule has 2 fully saturated rings. The minimum atomic E-state index is -0.379. The first-order valence-electron chi connectivity index (χ1n) is 10.3. The Balaban J connectivity index is 1.46. The molecule has 0 saturated carbocycles. The van der Waals surface area contributed by atoms with Crippen molar-refractivity contribution in [2.45, 2.75) is 38.6 Å². The van der Waals surface area contributed by atoms with Crippen LogP contribution in [0.5, 0.6) is 5.75 Å². The maximum atomic E-state index is 14.7. The molecule has 0 N–H and O–H groups in total. The van der Waals surface area contributed by atoms with E-state index >= 15 is 0 Å². The average Bonchev–Trinajstić information content (AvgIpc) is 3.24. The van der Waals surface area contributed by atoms with E-state index in [1.54, 1.807) is 13.2 Å². The third-order valence-electron chi connectivity index (χ3n) is 5.90. The summed E-state index contributed by atoms with van der Waals surface area (Å²) in [6, 6.07) is 3.72. The molecular weight excluding hydrogens is 375 g/mol. The van der Waals surface area contributed by atoms with Crippen molar-refractivity contribution in [3.8, 4) is 17.2 Å². The molecule has 0 unspecified atom stereocenters. The molecule has 0 aliphatic carbocycles. The number of piperidine rings is 1. The number of hydrogen-bond donors (Lipinski definition) is 0.